The molecule has 0 bridgehead atoms. The molecule has 128 valence electrons. The van der Waals surface area contributed by atoms with Crippen LogP contribution in [0.4, 0.5) is 0 Å². The fourth-order valence-electron chi connectivity index (χ4n) is 2.72. The van der Waals surface area contributed by atoms with E-state index in [1.807, 2.05) is 54.6 Å². The van der Waals surface area contributed by atoms with Crippen LogP contribution in [-0.2, 0) is 11.2 Å². The molecule has 0 unspecified atom stereocenters. The number of fused-ring (bicyclic) bond motifs is 1. The molecule has 4 N–H and O–H groups in total. The first-order valence-corrected chi connectivity index (χ1v) is 7.88. The number of hydrogen-bond donors (Lipinski definition) is 4. The first-order valence-electron chi connectivity index (χ1n) is 7.88. The third-order valence-electron chi connectivity index (χ3n) is 4.02. The van der Waals surface area contributed by atoms with Crippen molar-refractivity contribution in [2.24, 2.45) is 0 Å². The van der Waals surface area contributed by atoms with Crippen LogP contribution in [-0.4, -0.2) is 39.2 Å². The average molecular weight is 338 g/mol. The predicted octanol–water partition coefficient (Wildman–Crippen LogP) is 1.95. The minimum Gasteiger partial charge on any atom is -0.479 e. The summed E-state index contributed by atoms with van der Waals surface area (Å²) >= 11 is 0. The fraction of sp³-hybridized carbons (Fsp3) is 0.158. The Labute approximate surface area is 144 Å². The molecule has 25 heavy (non-hydrogen) atoms. The number of aliphatic hydroxyl groups excluding tert-OH is 1. The Morgan fingerprint density at radius 3 is 2.40 bits per heavy atom. The lowest BCUT2D eigenvalue weighted by Crippen LogP contribution is -2.48. The number of aliphatic carboxylic acids is 1. The minimum atomic E-state index is -1.70. The summed E-state index contributed by atoms with van der Waals surface area (Å²) < 4.78 is 0. The van der Waals surface area contributed by atoms with Crippen molar-refractivity contribution in [2.75, 3.05) is 0 Å². The molecule has 2 atom stereocenters. The Kier molecular flexibility index (Phi) is 4.81. The van der Waals surface area contributed by atoms with Gasteiger partial charge in [-0.3, -0.25) is 4.79 Å². The van der Waals surface area contributed by atoms with Gasteiger partial charge in [0.2, 0.25) is 0 Å². The number of amides is 1. The van der Waals surface area contributed by atoms with Crippen LogP contribution in [0.25, 0.3) is 10.9 Å². The summed E-state index contributed by atoms with van der Waals surface area (Å²) in [6.45, 7) is 0. The number of carbonyl (C=O) groups excluding carboxylic acids is 1. The maximum absolute atomic E-state index is 12.5. The Balaban J connectivity index is 1.80. The molecular formula is C19H18N2O4. The number of para-hydroxylation sites is 1. The Bertz CT molecular complexity index is 856. The molecule has 1 amide bonds. The molecule has 0 saturated heterocycles. The molecule has 0 radical (unpaired) electrons. The van der Waals surface area contributed by atoms with Crippen LogP contribution in [0.1, 0.15) is 16.1 Å². The van der Waals surface area contributed by atoms with E-state index in [2.05, 4.69) is 10.3 Å². The van der Waals surface area contributed by atoms with Crippen LogP contribution in [0.5, 0.6) is 0 Å². The molecule has 6 heteroatoms. The van der Waals surface area contributed by atoms with Crippen molar-refractivity contribution in [2.45, 2.75) is 18.6 Å². The molecule has 0 aliphatic carbocycles. The van der Waals surface area contributed by atoms with Crippen LogP contribution in [0, 0.1) is 0 Å². The van der Waals surface area contributed by atoms with Gasteiger partial charge >= 0.3 is 5.97 Å². The standard InChI is InChI=1S/C19H18N2O4/c22-17(19(24)25)15(10-12-6-2-1-3-7-12)21-18(23)16-11-13-8-4-5-9-14(13)20-16/h1-9,11,15,17,20,22H,10H2,(H,21,23)(H,24,25)/t15-,17+/m0/s1. The van der Waals surface area contributed by atoms with Gasteiger partial charge < -0.3 is 20.5 Å². The van der Waals surface area contributed by atoms with Crippen molar-refractivity contribution in [3.05, 3.63) is 71.9 Å². The summed E-state index contributed by atoms with van der Waals surface area (Å²) in [5.74, 6) is -1.84. The number of aromatic nitrogens is 1. The van der Waals surface area contributed by atoms with E-state index in [4.69, 9.17) is 5.11 Å². The molecule has 1 aromatic heterocycles. The van der Waals surface area contributed by atoms with Gasteiger partial charge in [-0.05, 0) is 24.1 Å². The van der Waals surface area contributed by atoms with E-state index >= 15 is 0 Å². The molecule has 3 aromatic rings. The van der Waals surface area contributed by atoms with Gasteiger partial charge in [0.1, 0.15) is 5.69 Å². The molecule has 0 aliphatic rings. The second-order valence-corrected chi connectivity index (χ2v) is 5.82. The van der Waals surface area contributed by atoms with E-state index in [1.165, 1.54) is 0 Å². The molecule has 6 nitrogen and oxygen atoms in total. The molecule has 3 rings (SSSR count). The Hall–Kier alpha value is -3.12. The quantitative estimate of drug-likeness (QED) is 0.552. The van der Waals surface area contributed by atoms with Crippen molar-refractivity contribution in [3.63, 3.8) is 0 Å². The van der Waals surface area contributed by atoms with Crippen molar-refractivity contribution in [1.29, 1.82) is 0 Å². The lowest BCUT2D eigenvalue weighted by molar-refractivity contribution is -0.148. The van der Waals surface area contributed by atoms with E-state index in [9.17, 15) is 14.7 Å². The maximum atomic E-state index is 12.5. The van der Waals surface area contributed by atoms with Crippen LogP contribution >= 0.6 is 0 Å². The van der Waals surface area contributed by atoms with Gasteiger partial charge in [0.15, 0.2) is 6.10 Å². The first-order chi connectivity index (χ1) is 12.0. The predicted molar refractivity (Wildman–Crippen MR) is 93.3 cm³/mol. The van der Waals surface area contributed by atoms with Gasteiger partial charge in [-0.15, -0.1) is 0 Å². The van der Waals surface area contributed by atoms with Crippen molar-refractivity contribution >= 4 is 22.8 Å². The highest BCUT2D eigenvalue weighted by molar-refractivity contribution is 5.98. The highest BCUT2D eigenvalue weighted by atomic mass is 16.4. The molecule has 1 heterocycles. The van der Waals surface area contributed by atoms with Crippen LogP contribution in [0.3, 0.4) is 0 Å². The lowest BCUT2D eigenvalue weighted by Gasteiger charge is -2.21. The van der Waals surface area contributed by atoms with E-state index in [1.54, 1.807) is 6.07 Å². The monoisotopic (exact) mass is 338 g/mol. The SMILES string of the molecule is O=C(N[C@@H](Cc1ccccc1)[C@@H](O)C(=O)O)c1cc2ccccc2[nH]1. The number of aromatic amines is 1. The molecule has 0 aliphatic heterocycles. The third-order valence-corrected chi connectivity index (χ3v) is 4.02. The highest BCUT2D eigenvalue weighted by Gasteiger charge is 2.28. The lowest BCUT2D eigenvalue weighted by atomic mass is 10.0. The van der Waals surface area contributed by atoms with Gasteiger partial charge in [-0.25, -0.2) is 4.79 Å². The molecule has 0 spiro atoms. The van der Waals surface area contributed by atoms with Gasteiger partial charge in [-0.1, -0.05) is 48.5 Å². The van der Waals surface area contributed by atoms with Crippen molar-refractivity contribution < 1.29 is 19.8 Å². The van der Waals surface area contributed by atoms with Crippen LogP contribution in [0.2, 0.25) is 0 Å². The number of benzene rings is 2. The molecular weight excluding hydrogens is 320 g/mol. The largest absolute Gasteiger partial charge is 0.479 e. The third kappa shape index (κ3) is 3.87. The van der Waals surface area contributed by atoms with Crippen LogP contribution < -0.4 is 5.32 Å². The van der Waals surface area contributed by atoms with E-state index in [-0.39, 0.29) is 6.42 Å². The fourth-order valence-corrected chi connectivity index (χ4v) is 2.72. The number of rotatable bonds is 6. The number of carboxylic acids is 1. The number of nitrogens with one attached hydrogen (secondary N) is 2. The first kappa shape index (κ1) is 16.7. The number of carboxylic acid groups (broad SMARTS) is 1. The van der Waals surface area contributed by atoms with Gasteiger partial charge in [0, 0.05) is 10.9 Å². The summed E-state index contributed by atoms with van der Waals surface area (Å²) in [6, 6.07) is 17.3. The van der Waals surface area contributed by atoms with Gasteiger partial charge in [-0.2, -0.15) is 0 Å². The Morgan fingerprint density at radius 2 is 1.72 bits per heavy atom. The average Bonchev–Trinajstić information content (AvgIpc) is 3.05. The molecule has 2 aromatic carbocycles. The van der Waals surface area contributed by atoms with Crippen LogP contribution in [0.15, 0.2) is 60.7 Å². The van der Waals surface area contributed by atoms with Gasteiger partial charge in [0.25, 0.3) is 5.91 Å². The minimum absolute atomic E-state index is 0.209. The second-order valence-electron chi connectivity index (χ2n) is 5.82. The number of aliphatic hydroxyl groups is 1. The zero-order valence-electron chi connectivity index (χ0n) is 13.3. The second kappa shape index (κ2) is 7.19. The summed E-state index contributed by atoms with van der Waals surface area (Å²) in [5.41, 5.74) is 1.95. The van der Waals surface area contributed by atoms with E-state index in [0.29, 0.717) is 5.69 Å². The number of H-pyrrole nitrogens is 1. The van der Waals surface area contributed by atoms with Crippen molar-refractivity contribution in [1.82, 2.24) is 10.3 Å². The normalized spacial score (nSPS) is 13.3. The summed E-state index contributed by atoms with van der Waals surface area (Å²) in [6.07, 6.45) is -1.49. The molecule has 0 saturated carbocycles. The van der Waals surface area contributed by atoms with E-state index in [0.717, 1.165) is 16.5 Å². The smallest absolute Gasteiger partial charge is 0.334 e. The maximum Gasteiger partial charge on any atom is 0.334 e. The molecule has 0 fully saturated rings. The Morgan fingerprint density at radius 1 is 1.04 bits per heavy atom. The summed E-state index contributed by atoms with van der Waals surface area (Å²) in [5, 5.41) is 22.6. The zero-order chi connectivity index (χ0) is 17.8. The number of hydrogen-bond acceptors (Lipinski definition) is 3. The summed E-state index contributed by atoms with van der Waals surface area (Å²) in [7, 11) is 0. The zero-order valence-corrected chi connectivity index (χ0v) is 13.3. The highest BCUT2D eigenvalue weighted by Crippen LogP contribution is 2.15. The van der Waals surface area contributed by atoms with Gasteiger partial charge in [0.05, 0.1) is 6.04 Å². The van der Waals surface area contributed by atoms with Crippen molar-refractivity contribution in [3.8, 4) is 0 Å². The van der Waals surface area contributed by atoms with E-state index < -0.39 is 24.0 Å². The number of carbonyl (C=O) groups is 2. The topological polar surface area (TPSA) is 102 Å². The summed E-state index contributed by atoms with van der Waals surface area (Å²) in [4.78, 5) is 26.7.